The molecule has 4 nitrogen and oxygen atoms in total. The van der Waals surface area contributed by atoms with E-state index in [2.05, 4.69) is 5.10 Å². The van der Waals surface area contributed by atoms with Crippen LogP contribution in [-0.2, 0) is 6.80 Å². The highest BCUT2D eigenvalue weighted by atomic mass is 19.3. The van der Waals surface area contributed by atoms with Crippen molar-refractivity contribution >= 4 is 5.91 Å². The lowest BCUT2D eigenvalue weighted by Gasteiger charge is -2.28. The Balaban J connectivity index is 1.69. The first-order valence-electron chi connectivity index (χ1n) is 9.98. The molecule has 0 radical (unpaired) electrons. The molecule has 2 saturated carbocycles. The monoisotopic (exact) mass is 409 g/mol. The molecule has 4 rings (SSSR count). The van der Waals surface area contributed by atoms with Gasteiger partial charge >= 0.3 is 0 Å². The van der Waals surface area contributed by atoms with Crippen LogP contribution in [0.2, 0.25) is 0 Å². The average Bonchev–Trinajstić information content (AvgIpc) is 3.23. The van der Waals surface area contributed by atoms with Crippen LogP contribution in [0.15, 0.2) is 30.5 Å². The van der Waals surface area contributed by atoms with Crippen LogP contribution in [-0.4, -0.2) is 26.6 Å². The lowest BCUT2D eigenvalue weighted by atomic mass is 9.92. The fourth-order valence-electron chi connectivity index (χ4n) is 4.24. The number of halogens is 4. The van der Waals surface area contributed by atoms with Gasteiger partial charge in [0.15, 0.2) is 12.5 Å². The molecule has 0 N–H and O–H groups in total. The van der Waals surface area contributed by atoms with Crippen molar-refractivity contribution in [3.05, 3.63) is 52.8 Å². The maximum atomic E-state index is 15.8. The largest absolute Gasteiger partial charge is 0.300 e. The molecule has 0 spiro atoms. The summed E-state index contributed by atoms with van der Waals surface area (Å²) >= 11 is 0. The number of carbonyl (C=O) groups is 1. The molecule has 0 aliphatic heterocycles. The minimum Gasteiger partial charge on any atom is -0.300 e. The molecular formula is C21H23F4N3O. The lowest BCUT2D eigenvalue weighted by molar-refractivity contribution is 0.0407. The number of aromatic nitrogens is 2. The Kier molecular flexibility index (Phi) is 5.61. The van der Waals surface area contributed by atoms with Crippen molar-refractivity contribution in [2.75, 3.05) is 0 Å². The van der Waals surface area contributed by atoms with E-state index in [4.69, 9.17) is 0 Å². The number of hydrogen-bond donors (Lipinski definition) is 0. The summed E-state index contributed by atoms with van der Waals surface area (Å²) in [4.78, 5) is 14.1. The highest BCUT2D eigenvalue weighted by Gasteiger charge is 2.42. The number of alkyl halides is 4. The summed E-state index contributed by atoms with van der Waals surface area (Å²) in [6.45, 7) is -1.14. The van der Waals surface area contributed by atoms with Crippen molar-refractivity contribution in [1.82, 2.24) is 14.7 Å². The van der Waals surface area contributed by atoms with E-state index in [0.29, 0.717) is 23.1 Å². The second-order valence-corrected chi connectivity index (χ2v) is 7.78. The van der Waals surface area contributed by atoms with Crippen LogP contribution in [0, 0.1) is 0 Å². The van der Waals surface area contributed by atoms with E-state index in [1.54, 1.807) is 12.1 Å². The maximum Gasteiger partial charge on any atom is 0.277 e. The molecule has 1 aromatic carbocycles. The first-order valence-corrected chi connectivity index (χ1v) is 9.98. The van der Waals surface area contributed by atoms with Gasteiger partial charge < -0.3 is 4.90 Å². The summed E-state index contributed by atoms with van der Waals surface area (Å²) in [5, 5.41) is 3.66. The van der Waals surface area contributed by atoms with Gasteiger partial charge in [0.1, 0.15) is 0 Å². The number of rotatable bonds is 7. The predicted molar refractivity (Wildman–Crippen MR) is 99.0 cm³/mol. The van der Waals surface area contributed by atoms with Gasteiger partial charge in [-0.25, -0.2) is 22.2 Å². The third kappa shape index (κ3) is 3.89. The molecule has 1 aromatic heterocycles. The van der Waals surface area contributed by atoms with Crippen LogP contribution >= 0.6 is 0 Å². The Morgan fingerprint density at radius 2 is 1.79 bits per heavy atom. The Hall–Kier alpha value is -2.38. The number of benzene rings is 1. The normalized spacial score (nSPS) is 18.4. The molecule has 2 aliphatic rings. The quantitative estimate of drug-likeness (QED) is 0.436. The van der Waals surface area contributed by atoms with E-state index in [1.807, 2.05) is 12.1 Å². The Morgan fingerprint density at radius 3 is 2.41 bits per heavy atom. The molecule has 1 atom stereocenters. The zero-order chi connectivity index (χ0) is 20.5. The SMILES string of the molecule is O=C(c1nn(CF)cc1C(F)F)N(C1CC1)C(F)c1ccccc1C1CCCC1. The molecule has 1 amide bonds. The van der Waals surface area contributed by atoms with Gasteiger partial charge in [-0.3, -0.25) is 4.79 Å². The van der Waals surface area contributed by atoms with Gasteiger partial charge in [0, 0.05) is 17.8 Å². The van der Waals surface area contributed by atoms with Crippen LogP contribution in [0.1, 0.15) is 84.3 Å². The number of nitrogens with zero attached hydrogens (tertiary/aromatic N) is 3. The third-order valence-corrected chi connectivity index (χ3v) is 5.82. The summed E-state index contributed by atoms with van der Waals surface area (Å²) in [5.41, 5.74) is 0.0302. The molecule has 29 heavy (non-hydrogen) atoms. The first-order chi connectivity index (χ1) is 14.0. The van der Waals surface area contributed by atoms with E-state index in [1.165, 1.54) is 0 Å². The van der Waals surface area contributed by atoms with Gasteiger partial charge in [-0.1, -0.05) is 37.1 Å². The van der Waals surface area contributed by atoms with Crippen LogP contribution in [0.3, 0.4) is 0 Å². The average molecular weight is 409 g/mol. The molecule has 2 aliphatic carbocycles. The van der Waals surface area contributed by atoms with Gasteiger partial charge in [0.2, 0.25) is 6.30 Å². The zero-order valence-corrected chi connectivity index (χ0v) is 15.9. The summed E-state index contributed by atoms with van der Waals surface area (Å²) in [6, 6.07) is 6.75. The highest BCUT2D eigenvalue weighted by Crippen LogP contribution is 2.42. The van der Waals surface area contributed by atoms with Crippen LogP contribution < -0.4 is 0 Å². The van der Waals surface area contributed by atoms with Crippen molar-refractivity contribution < 1.29 is 22.4 Å². The Bertz CT molecular complexity index is 875. The van der Waals surface area contributed by atoms with Gasteiger partial charge in [0.05, 0.1) is 5.56 Å². The molecule has 0 saturated heterocycles. The minimum absolute atomic E-state index is 0.239. The predicted octanol–water partition coefficient (Wildman–Crippen LogP) is 5.68. The smallest absolute Gasteiger partial charge is 0.277 e. The summed E-state index contributed by atoms with van der Waals surface area (Å²) in [7, 11) is 0. The molecule has 2 aromatic rings. The summed E-state index contributed by atoms with van der Waals surface area (Å²) in [6.07, 6.45) is 1.36. The molecule has 1 unspecified atom stereocenters. The topological polar surface area (TPSA) is 38.1 Å². The fourth-order valence-corrected chi connectivity index (χ4v) is 4.24. The van der Waals surface area contributed by atoms with E-state index in [9.17, 15) is 18.0 Å². The van der Waals surface area contributed by atoms with Gasteiger partial charge in [-0.05, 0) is 37.2 Å². The van der Waals surface area contributed by atoms with Crippen molar-refractivity contribution in [3.8, 4) is 0 Å². The molecule has 156 valence electrons. The van der Waals surface area contributed by atoms with Crippen LogP contribution in [0.5, 0.6) is 0 Å². The summed E-state index contributed by atoms with van der Waals surface area (Å²) < 4.78 is 56.1. The van der Waals surface area contributed by atoms with Crippen molar-refractivity contribution in [3.63, 3.8) is 0 Å². The zero-order valence-electron chi connectivity index (χ0n) is 15.9. The number of hydrogen-bond acceptors (Lipinski definition) is 2. The number of amides is 1. The van der Waals surface area contributed by atoms with Crippen molar-refractivity contribution in [2.45, 2.75) is 70.0 Å². The third-order valence-electron chi connectivity index (χ3n) is 5.82. The van der Waals surface area contributed by atoms with Gasteiger partial charge in [-0.15, -0.1) is 0 Å². The molecular weight excluding hydrogens is 386 g/mol. The van der Waals surface area contributed by atoms with Crippen LogP contribution in [0.4, 0.5) is 17.6 Å². The first kappa shape index (κ1) is 19.9. The van der Waals surface area contributed by atoms with E-state index in [-0.39, 0.29) is 12.0 Å². The summed E-state index contributed by atoms with van der Waals surface area (Å²) in [5.74, 6) is -0.674. The Labute approximate surface area is 166 Å². The van der Waals surface area contributed by atoms with E-state index in [0.717, 1.165) is 42.3 Å². The fraction of sp³-hybridized carbons (Fsp3) is 0.524. The van der Waals surface area contributed by atoms with E-state index < -0.39 is 36.7 Å². The Morgan fingerprint density at radius 1 is 1.10 bits per heavy atom. The molecule has 2 fully saturated rings. The molecule has 0 bridgehead atoms. The molecule has 1 heterocycles. The molecule has 8 heteroatoms. The highest BCUT2D eigenvalue weighted by molar-refractivity contribution is 5.94. The van der Waals surface area contributed by atoms with Gasteiger partial charge in [-0.2, -0.15) is 5.10 Å². The van der Waals surface area contributed by atoms with Crippen molar-refractivity contribution in [1.29, 1.82) is 0 Å². The van der Waals surface area contributed by atoms with Crippen molar-refractivity contribution in [2.24, 2.45) is 0 Å². The number of carbonyl (C=O) groups excluding carboxylic acids is 1. The lowest BCUT2D eigenvalue weighted by Crippen LogP contribution is -2.36. The second kappa shape index (κ2) is 8.16. The maximum absolute atomic E-state index is 15.8. The second-order valence-electron chi connectivity index (χ2n) is 7.78. The standard InChI is InChI=1S/C21H23F4N3O/c22-12-27-11-17(19(23)24)18(26-27)21(29)28(14-9-10-14)20(25)16-8-4-3-7-15(16)13-5-1-2-6-13/h3-4,7-8,11,13-14,19-20H,1-2,5-6,9-10,12H2. The minimum atomic E-state index is -3.00. The van der Waals surface area contributed by atoms with Gasteiger partial charge in [0.25, 0.3) is 12.3 Å². The van der Waals surface area contributed by atoms with E-state index >= 15 is 4.39 Å². The van der Waals surface area contributed by atoms with Crippen LogP contribution in [0.25, 0.3) is 0 Å².